The number of aliphatic carboxylic acids is 1. The average molecular weight is 731 g/mol. The molecule has 0 radical (unpaired) electrons. The van der Waals surface area contributed by atoms with E-state index in [2.05, 4.69) is 21.3 Å². The minimum Gasteiger partial charge on any atom is -0.480 e. The largest absolute Gasteiger partial charge is 0.480 e. The standard InChI is InChI=1S/C36H54N6O8S/c1-8-22(6)33(35(46)42-32(21(4)5)36(47)48)41-29(44)19-25(37)26(17-23-13-10-9-11-14-23)39-34(45)31(20(2)3)40-28(43)18-24-15-12-16-27(30(24)38)51(7,49)50/h9-16,20-22,25-26,31-33H,8,17-19,37-38H2,1-7H3,(H,39,45)(H,40,43)(H,41,44)(H,42,46)(H,47,48)/t22-,25-,26-,31?,32?,33-/m0/s1. The summed E-state index contributed by atoms with van der Waals surface area (Å²) in [6, 6.07) is 8.67. The molecule has 2 unspecified atom stereocenters. The van der Waals surface area contributed by atoms with E-state index in [1.54, 1.807) is 34.6 Å². The van der Waals surface area contributed by atoms with Gasteiger partial charge < -0.3 is 37.8 Å². The maximum Gasteiger partial charge on any atom is 0.326 e. The number of amides is 4. The molecule has 0 bridgehead atoms. The summed E-state index contributed by atoms with van der Waals surface area (Å²) in [6.45, 7) is 10.4. The monoisotopic (exact) mass is 730 g/mol. The van der Waals surface area contributed by atoms with E-state index in [0.717, 1.165) is 11.8 Å². The van der Waals surface area contributed by atoms with Gasteiger partial charge in [0.05, 0.1) is 17.0 Å². The molecule has 9 N–H and O–H groups in total. The third kappa shape index (κ3) is 13.0. The van der Waals surface area contributed by atoms with Crippen molar-refractivity contribution >= 4 is 45.1 Å². The Morgan fingerprint density at radius 2 is 1.33 bits per heavy atom. The number of carboxylic acid groups (broad SMARTS) is 1. The van der Waals surface area contributed by atoms with Crippen molar-refractivity contribution in [2.45, 2.75) is 102 Å². The van der Waals surface area contributed by atoms with Gasteiger partial charge in [-0.15, -0.1) is 0 Å². The molecule has 14 nitrogen and oxygen atoms in total. The first-order valence-electron chi connectivity index (χ1n) is 17.1. The van der Waals surface area contributed by atoms with Crippen molar-refractivity contribution in [3.05, 3.63) is 59.7 Å². The van der Waals surface area contributed by atoms with E-state index in [1.165, 1.54) is 18.2 Å². The number of nitrogens with two attached hydrogens (primary N) is 2. The Hall–Kier alpha value is -4.50. The van der Waals surface area contributed by atoms with Crippen LogP contribution < -0.4 is 32.7 Å². The maximum atomic E-state index is 13.7. The van der Waals surface area contributed by atoms with E-state index in [1.807, 2.05) is 37.3 Å². The number of carbonyl (C=O) groups is 5. The zero-order valence-corrected chi connectivity index (χ0v) is 31.3. The molecular formula is C36H54N6O8S. The Kier molecular flexibility index (Phi) is 16.1. The van der Waals surface area contributed by atoms with Crippen LogP contribution in [0.3, 0.4) is 0 Å². The van der Waals surface area contributed by atoms with E-state index >= 15 is 0 Å². The highest BCUT2D eigenvalue weighted by Gasteiger charge is 2.33. The van der Waals surface area contributed by atoms with Crippen LogP contribution in [0.4, 0.5) is 5.69 Å². The van der Waals surface area contributed by atoms with Gasteiger partial charge in [0.1, 0.15) is 18.1 Å². The number of benzene rings is 2. The van der Waals surface area contributed by atoms with E-state index in [-0.39, 0.29) is 47.6 Å². The first kappa shape index (κ1) is 42.7. The Labute approximate surface area is 300 Å². The second kappa shape index (κ2) is 19.2. The first-order chi connectivity index (χ1) is 23.8. The molecule has 0 aliphatic heterocycles. The van der Waals surface area contributed by atoms with Gasteiger partial charge in [-0.3, -0.25) is 19.2 Å². The summed E-state index contributed by atoms with van der Waals surface area (Å²) in [7, 11) is -3.63. The van der Waals surface area contributed by atoms with Crippen LogP contribution in [0, 0.1) is 17.8 Å². The summed E-state index contributed by atoms with van der Waals surface area (Å²) in [5.74, 6) is -4.56. The molecule has 0 aliphatic carbocycles. The second-order valence-electron chi connectivity index (χ2n) is 13.7. The molecule has 0 aliphatic rings. The van der Waals surface area contributed by atoms with Crippen molar-refractivity contribution in [3.63, 3.8) is 0 Å². The van der Waals surface area contributed by atoms with Gasteiger partial charge in [0.2, 0.25) is 23.6 Å². The van der Waals surface area contributed by atoms with Crippen LogP contribution in [0.2, 0.25) is 0 Å². The molecule has 6 atom stereocenters. The molecule has 2 aromatic carbocycles. The number of hydrogen-bond acceptors (Lipinski definition) is 9. The Bertz CT molecular complexity index is 1630. The molecule has 2 aromatic rings. The van der Waals surface area contributed by atoms with Crippen molar-refractivity contribution in [1.29, 1.82) is 0 Å². The minimum absolute atomic E-state index is 0.0393. The topological polar surface area (TPSA) is 240 Å². The van der Waals surface area contributed by atoms with Gasteiger partial charge in [-0.2, -0.15) is 0 Å². The van der Waals surface area contributed by atoms with Crippen LogP contribution in [0.15, 0.2) is 53.4 Å². The zero-order chi connectivity index (χ0) is 38.6. The van der Waals surface area contributed by atoms with Crippen LogP contribution in [0.1, 0.15) is 65.5 Å². The molecule has 0 saturated heterocycles. The number of anilines is 1. The lowest BCUT2D eigenvalue weighted by Crippen LogP contribution is -2.58. The average Bonchev–Trinajstić information content (AvgIpc) is 3.04. The Morgan fingerprint density at radius 3 is 1.86 bits per heavy atom. The number of carboxylic acids is 1. The Morgan fingerprint density at radius 1 is 0.765 bits per heavy atom. The third-order valence-electron chi connectivity index (χ3n) is 8.78. The quantitative estimate of drug-likeness (QED) is 0.103. The van der Waals surface area contributed by atoms with Crippen molar-refractivity contribution in [2.75, 3.05) is 12.0 Å². The van der Waals surface area contributed by atoms with Crippen molar-refractivity contribution in [1.82, 2.24) is 21.3 Å². The predicted octanol–water partition coefficient (Wildman–Crippen LogP) is 1.56. The zero-order valence-electron chi connectivity index (χ0n) is 30.4. The molecule has 0 spiro atoms. The van der Waals surface area contributed by atoms with E-state index < -0.39 is 69.6 Å². The summed E-state index contributed by atoms with van der Waals surface area (Å²) in [5, 5.41) is 20.4. The molecule has 0 fully saturated rings. The fourth-order valence-corrected chi connectivity index (χ4v) is 6.35. The normalized spacial score (nSPS) is 15.2. The highest BCUT2D eigenvalue weighted by molar-refractivity contribution is 7.90. The fourth-order valence-electron chi connectivity index (χ4n) is 5.50. The smallest absolute Gasteiger partial charge is 0.326 e. The fraction of sp³-hybridized carbons (Fsp3) is 0.528. The molecule has 0 heterocycles. The van der Waals surface area contributed by atoms with E-state index in [9.17, 15) is 37.5 Å². The van der Waals surface area contributed by atoms with Crippen LogP contribution >= 0.6 is 0 Å². The second-order valence-corrected chi connectivity index (χ2v) is 15.7. The lowest BCUT2D eigenvalue weighted by atomic mass is 9.94. The predicted molar refractivity (Wildman–Crippen MR) is 195 cm³/mol. The highest BCUT2D eigenvalue weighted by Crippen LogP contribution is 2.23. The summed E-state index contributed by atoms with van der Waals surface area (Å²) in [5.41, 5.74) is 13.7. The van der Waals surface area contributed by atoms with Gasteiger partial charge in [0.15, 0.2) is 9.84 Å². The third-order valence-corrected chi connectivity index (χ3v) is 9.93. The number of sulfone groups is 1. The highest BCUT2D eigenvalue weighted by atomic mass is 32.2. The van der Waals surface area contributed by atoms with Crippen LogP contribution in [0.25, 0.3) is 0 Å². The number of rotatable bonds is 19. The molecule has 282 valence electrons. The first-order valence-corrected chi connectivity index (χ1v) is 18.9. The number of nitrogen functional groups attached to an aromatic ring is 1. The van der Waals surface area contributed by atoms with Crippen LogP contribution in [0.5, 0.6) is 0 Å². The van der Waals surface area contributed by atoms with Gasteiger partial charge in [-0.1, -0.05) is 90.4 Å². The van der Waals surface area contributed by atoms with Gasteiger partial charge >= 0.3 is 5.97 Å². The Balaban J connectivity index is 2.26. The van der Waals surface area contributed by atoms with Crippen LogP contribution in [-0.4, -0.2) is 79.6 Å². The van der Waals surface area contributed by atoms with Gasteiger partial charge in [-0.25, -0.2) is 13.2 Å². The minimum atomic E-state index is -3.63. The summed E-state index contributed by atoms with van der Waals surface area (Å²) >= 11 is 0. The van der Waals surface area contributed by atoms with Gasteiger partial charge in [0.25, 0.3) is 0 Å². The van der Waals surface area contributed by atoms with E-state index in [0.29, 0.717) is 12.0 Å². The maximum absolute atomic E-state index is 13.7. The molecule has 0 aromatic heterocycles. The molecule has 4 amide bonds. The van der Waals surface area contributed by atoms with Gasteiger partial charge in [0, 0.05) is 24.8 Å². The molecule has 15 heteroatoms. The lowest BCUT2D eigenvalue weighted by Gasteiger charge is -2.30. The van der Waals surface area contributed by atoms with Crippen molar-refractivity contribution in [2.24, 2.45) is 23.5 Å². The summed E-state index contributed by atoms with van der Waals surface area (Å²) in [6.07, 6.45) is 1.24. The summed E-state index contributed by atoms with van der Waals surface area (Å²) < 4.78 is 24.2. The molecular weight excluding hydrogens is 676 g/mol. The SMILES string of the molecule is CC[C@H](C)[C@H](NC(=O)C[C@H](N)[C@H](Cc1ccccc1)NC(=O)C(NC(=O)Cc1cccc(S(C)(=O)=O)c1N)C(C)C)C(=O)NC(C(=O)O)C(C)C. The molecule has 51 heavy (non-hydrogen) atoms. The van der Waals surface area contributed by atoms with E-state index in [4.69, 9.17) is 11.5 Å². The number of hydrogen-bond donors (Lipinski definition) is 7. The number of carbonyl (C=O) groups excluding carboxylic acids is 4. The molecule has 0 saturated carbocycles. The number of para-hydroxylation sites is 1. The van der Waals surface area contributed by atoms with Gasteiger partial charge in [-0.05, 0) is 41.4 Å². The van der Waals surface area contributed by atoms with Crippen molar-refractivity contribution in [3.8, 4) is 0 Å². The summed E-state index contributed by atoms with van der Waals surface area (Å²) in [4.78, 5) is 65.0. The van der Waals surface area contributed by atoms with Crippen LogP contribution in [-0.2, 0) is 46.7 Å². The van der Waals surface area contributed by atoms with Crippen molar-refractivity contribution < 1.29 is 37.5 Å². The number of nitrogens with one attached hydrogen (secondary N) is 4. The lowest BCUT2D eigenvalue weighted by molar-refractivity contribution is -0.143. The molecule has 2 rings (SSSR count).